The molecule has 0 aliphatic heterocycles. The third-order valence-electron chi connectivity index (χ3n) is 5.42. The molecule has 6 nitrogen and oxygen atoms in total. The molecule has 4 rings (SSSR count). The van der Waals surface area contributed by atoms with E-state index in [9.17, 15) is 19.1 Å². The van der Waals surface area contributed by atoms with Gasteiger partial charge in [-0.1, -0.05) is 29.8 Å². The van der Waals surface area contributed by atoms with E-state index in [1.807, 2.05) is 18.2 Å². The Balaban J connectivity index is 1.70. The zero-order valence-corrected chi connectivity index (χ0v) is 16.9. The lowest BCUT2D eigenvalue weighted by Crippen LogP contribution is -2.38. The summed E-state index contributed by atoms with van der Waals surface area (Å²) in [7, 11) is 0. The smallest absolute Gasteiger partial charge is 0.322 e. The summed E-state index contributed by atoms with van der Waals surface area (Å²) in [6.45, 7) is 0.271. The maximum atomic E-state index is 13.4. The van der Waals surface area contributed by atoms with Gasteiger partial charge in [0.05, 0.1) is 11.1 Å². The molecular formula is C22H21ClFN3O3. The van der Waals surface area contributed by atoms with E-state index in [1.165, 1.54) is 18.2 Å². The number of fused-ring (bicyclic) bond motifs is 3. The first kappa shape index (κ1) is 20.4. The van der Waals surface area contributed by atoms with E-state index in [2.05, 4.69) is 10.3 Å². The van der Waals surface area contributed by atoms with Crippen molar-refractivity contribution in [2.24, 2.45) is 0 Å². The number of carbonyl (C=O) groups is 1. The minimum absolute atomic E-state index is 0.0574. The van der Waals surface area contributed by atoms with Crippen LogP contribution in [0.5, 0.6) is 0 Å². The van der Waals surface area contributed by atoms with Crippen LogP contribution in [-0.2, 0) is 6.42 Å². The number of urea groups is 1. The number of carbonyl (C=O) groups excluding carboxylic acids is 1. The molecule has 30 heavy (non-hydrogen) atoms. The lowest BCUT2D eigenvalue weighted by atomic mass is 10.0. The van der Waals surface area contributed by atoms with E-state index < -0.39 is 5.82 Å². The van der Waals surface area contributed by atoms with Crippen LogP contribution in [0.25, 0.3) is 10.8 Å². The SMILES string of the molecule is O=C(Nc1ccc(F)c(Cl)c1)N(CCCO)C1CCc2[nH]c(=O)c3ccccc3c21. The van der Waals surface area contributed by atoms with Crippen molar-refractivity contribution in [1.82, 2.24) is 9.88 Å². The maximum absolute atomic E-state index is 13.4. The quantitative estimate of drug-likeness (QED) is 0.567. The molecule has 1 heterocycles. The number of hydrogen-bond donors (Lipinski definition) is 3. The summed E-state index contributed by atoms with van der Waals surface area (Å²) in [5, 5.41) is 13.4. The minimum Gasteiger partial charge on any atom is -0.396 e. The normalized spacial score (nSPS) is 15.2. The first-order valence-electron chi connectivity index (χ1n) is 9.77. The van der Waals surface area contributed by atoms with Gasteiger partial charge in [-0.2, -0.15) is 0 Å². The van der Waals surface area contributed by atoms with Gasteiger partial charge < -0.3 is 20.3 Å². The number of aromatic nitrogens is 1. The zero-order chi connectivity index (χ0) is 21.3. The first-order chi connectivity index (χ1) is 14.5. The van der Waals surface area contributed by atoms with Crippen LogP contribution in [0, 0.1) is 5.82 Å². The number of aromatic amines is 1. The van der Waals surface area contributed by atoms with E-state index in [0.717, 1.165) is 16.6 Å². The standard InChI is InChI=1S/C22H21ClFN3O3/c23-16-12-13(6-7-17(16)24)25-22(30)27(10-3-11-28)19-9-8-18-20(19)14-4-1-2-5-15(14)21(29)26-18/h1-2,4-7,12,19,28H,3,8-11H2,(H,25,30)(H,26,29). The maximum Gasteiger partial charge on any atom is 0.322 e. The largest absolute Gasteiger partial charge is 0.396 e. The second kappa shape index (κ2) is 8.45. The van der Waals surface area contributed by atoms with Crippen molar-refractivity contribution in [1.29, 1.82) is 0 Å². The van der Waals surface area contributed by atoms with Crippen LogP contribution in [-0.4, -0.2) is 34.2 Å². The van der Waals surface area contributed by atoms with Crippen LogP contribution < -0.4 is 10.9 Å². The lowest BCUT2D eigenvalue weighted by Gasteiger charge is -2.30. The Morgan fingerprint density at radius 1 is 1.27 bits per heavy atom. The molecule has 0 radical (unpaired) electrons. The van der Waals surface area contributed by atoms with E-state index in [4.69, 9.17) is 11.6 Å². The van der Waals surface area contributed by atoms with Crippen LogP contribution >= 0.6 is 11.6 Å². The molecule has 2 aromatic carbocycles. The van der Waals surface area contributed by atoms with Crippen molar-refractivity contribution in [2.75, 3.05) is 18.5 Å². The second-order valence-corrected chi connectivity index (χ2v) is 7.68. The van der Waals surface area contributed by atoms with Gasteiger partial charge in [-0.15, -0.1) is 0 Å². The van der Waals surface area contributed by atoms with Crippen LogP contribution in [0.4, 0.5) is 14.9 Å². The van der Waals surface area contributed by atoms with Gasteiger partial charge in [0.15, 0.2) is 0 Å². The molecule has 1 atom stereocenters. The highest BCUT2D eigenvalue weighted by Gasteiger charge is 2.33. The van der Waals surface area contributed by atoms with Gasteiger partial charge in [-0.05, 0) is 48.9 Å². The Hall–Kier alpha value is -2.90. The molecule has 0 bridgehead atoms. The lowest BCUT2D eigenvalue weighted by molar-refractivity contribution is 0.177. The average molecular weight is 430 g/mol. The van der Waals surface area contributed by atoms with Gasteiger partial charge in [0.25, 0.3) is 5.56 Å². The Labute approximate surface area is 177 Å². The number of H-pyrrole nitrogens is 1. The Bertz CT molecular complexity index is 1160. The number of nitrogens with zero attached hydrogens (tertiary/aromatic N) is 1. The highest BCUT2D eigenvalue weighted by molar-refractivity contribution is 6.31. The monoisotopic (exact) mass is 429 g/mol. The van der Waals surface area contributed by atoms with Gasteiger partial charge in [0, 0.05) is 35.5 Å². The molecule has 0 saturated heterocycles. The number of anilines is 1. The molecule has 3 N–H and O–H groups in total. The Morgan fingerprint density at radius 2 is 2.03 bits per heavy atom. The number of nitrogens with one attached hydrogen (secondary N) is 2. The van der Waals surface area contributed by atoms with Gasteiger partial charge in [0.1, 0.15) is 5.82 Å². The van der Waals surface area contributed by atoms with Crippen molar-refractivity contribution in [3.63, 3.8) is 0 Å². The number of aryl methyl sites for hydroxylation is 1. The summed E-state index contributed by atoms with van der Waals surface area (Å²) >= 11 is 5.83. The van der Waals surface area contributed by atoms with E-state index in [1.54, 1.807) is 11.0 Å². The van der Waals surface area contributed by atoms with Crippen LogP contribution in [0.1, 0.15) is 30.1 Å². The number of amides is 2. The first-order valence-corrected chi connectivity index (χ1v) is 10.1. The molecule has 1 aliphatic carbocycles. The number of rotatable bonds is 5. The molecule has 156 valence electrons. The summed E-state index contributed by atoms with van der Waals surface area (Å²) in [6, 6.07) is 10.7. The fraction of sp³-hybridized carbons (Fsp3) is 0.273. The number of benzene rings is 2. The second-order valence-electron chi connectivity index (χ2n) is 7.28. The molecule has 1 aromatic heterocycles. The summed E-state index contributed by atoms with van der Waals surface area (Å²) in [4.78, 5) is 30.1. The number of halogens is 2. The summed E-state index contributed by atoms with van der Waals surface area (Å²) in [6.07, 6.45) is 1.71. The van der Waals surface area contributed by atoms with Crippen LogP contribution in [0.3, 0.4) is 0 Å². The average Bonchev–Trinajstić information content (AvgIpc) is 3.15. The molecule has 2 amide bonds. The molecule has 1 unspecified atom stereocenters. The number of aliphatic hydroxyl groups excluding tert-OH is 1. The molecule has 0 saturated carbocycles. The van der Waals surface area contributed by atoms with Crippen LogP contribution in [0.2, 0.25) is 5.02 Å². The molecule has 1 aliphatic rings. The van der Waals surface area contributed by atoms with Gasteiger partial charge in [0.2, 0.25) is 0 Å². The Morgan fingerprint density at radius 3 is 2.77 bits per heavy atom. The predicted octanol–water partition coefficient (Wildman–Crippen LogP) is 4.22. The van der Waals surface area contributed by atoms with Gasteiger partial charge in [-0.3, -0.25) is 4.79 Å². The van der Waals surface area contributed by atoms with Gasteiger partial charge in [-0.25, -0.2) is 9.18 Å². The van der Waals surface area contributed by atoms with Crippen LogP contribution in [0.15, 0.2) is 47.3 Å². The fourth-order valence-electron chi connectivity index (χ4n) is 4.07. The molecule has 3 aromatic rings. The van der Waals surface area contributed by atoms with Crippen molar-refractivity contribution in [3.8, 4) is 0 Å². The van der Waals surface area contributed by atoms with E-state index in [0.29, 0.717) is 36.9 Å². The molecule has 0 fully saturated rings. The van der Waals surface area contributed by atoms with Crippen molar-refractivity contribution >= 4 is 34.1 Å². The van der Waals surface area contributed by atoms with Crippen molar-refractivity contribution in [3.05, 3.63) is 74.9 Å². The van der Waals surface area contributed by atoms with Gasteiger partial charge >= 0.3 is 6.03 Å². The highest BCUT2D eigenvalue weighted by Crippen LogP contribution is 2.38. The van der Waals surface area contributed by atoms with E-state index in [-0.39, 0.29) is 29.3 Å². The predicted molar refractivity (Wildman–Crippen MR) is 114 cm³/mol. The van der Waals surface area contributed by atoms with Crippen molar-refractivity contribution in [2.45, 2.75) is 25.3 Å². The fourth-order valence-corrected chi connectivity index (χ4v) is 4.25. The van der Waals surface area contributed by atoms with E-state index >= 15 is 0 Å². The zero-order valence-electron chi connectivity index (χ0n) is 16.1. The summed E-state index contributed by atoms with van der Waals surface area (Å²) < 4.78 is 13.4. The minimum atomic E-state index is -0.563. The summed E-state index contributed by atoms with van der Waals surface area (Å²) in [5.74, 6) is -0.563. The molecule has 0 spiro atoms. The summed E-state index contributed by atoms with van der Waals surface area (Å²) in [5.41, 5.74) is 1.99. The highest BCUT2D eigenvalue weighted by atomic mass is 35.5. The number of hydrogen-bond acceptors (Lipinski definition) is 3. The van der Waals surface area contributed by atoms with Crippen molar-refractivity contribution < 1.29 is 14.3 Å². The molecular weight excluding hydrogens is 409 g/mol. The molecule has 8 heteroatoms. The topological polar surface area (TPSA) is 85.4 Å². The Kier molecular flexibility index (Phi) is 5.74. The third-order valence-corrected chi connectivity index (χ3v) is 5.71. The number of pyridine rings is 1. The number of aliphatic hydroxyl groups is 1. The third kappa shape index (κ3) is 3.78.